The van der Waals surface area contributed by atoms with Gasteiger partial charge in [-0.05, 0) is 48.1 Å². The maximum absolute atomic E-state index is 12.8. The molecule has 0 saturated carbocycles. The van der Waals surface area contributed by atoms with Crippen molar-refractivity contribution in [2.24, 2.45) is 5.11 Å². The molecule has 8 heteroatoms. The zero-order valence-corrected chi connectivity index (χ0v) is 15.8. The van der Waals surface area contributed by atoms with Gasteiger partial charge in [-0.2, -0.15) is 0 Å². The lowest BCUT2D eigenvalue weighted by molar-refractivity contribution is -0.148. The van der Waals surface area contributed by atoms with Crippen LogP contribution in [-0.4, -0.2) is 40.5 Å². The summed E-state index contributed by atoms with van der Waals surface area (Å²) in [5, 5.41) is 12.9. The van der Waals surface area contributed by atoms with Gasteiger partial charge in [-0.25, -0.2) is 4.79 Å². The summed E-state index contributed by atoms with van der Waals surface area (Å²) in [4.78, 5) is 28.2. The number of azide groups is 1. The smallest absolute Gasteiger partial charge is 0.326 e. The topological polar surface area (TPSA) is 116 Å². The predicted octanol–water partition coefficient (Wildman–Crippen LogP) is 3.56. The summed E-state index contributed by atoms with van der Waals surface area (Å²) in [5.41, 5.74) is 10.7. The van der Waals surface area contributed by atoms with E-state index in [-0.39, 0.29) is 6.42 Å². The van der Waals surface area contributed by atoms with Crippen LogP contribution in [0.4, 0.5) is 0 Å². The van der Waals surface area contributed by atoms with E-state index in [4.69, 9.17) is 10.3 Å². The van der Waals surface area contributed by atoms with Crippen LogP contribution in [0.5, 0.6) is 5.75 Å². The number of ether oxygens (including phenoxy) is 1. The molecule has 0 spiro atoms. The highest BCUT2D eigenvalue weighted by Crippen LogP contribution is 2.22. The Morgan fingerprint density at radius 2 is 1.90 bits per heavy atom. The van der Waals surface area contributed by atoms with Gasteiger partial charge in [-0.1, -0.05) is 47.6 Å². The zero-order valence-electron chi connectivity index (χ0n) is 15.8. The molecule has 2 atom stereocenters. The molecule has 1 saturated heterocycles. The van der Waals surface area contributed by atoms with Crippen molar-refractivity contribution >= 4 is 11.9 Å². The number of aliphatic carboxylic acids is 1. The van der Waals surface area contributed by atoms with Gasteiger partial charge in [-0.3, -0.25) is 4.79 Å². The third-order valence-electron chi connectivity index (χ3n) is 4.90. The van der Waals surface area contributed by atoms with Crippen molar-refractivity contribution in [2.75, 3.05) is 6.54 Å². The Morgan fingerprint density at radius 3 is 2.55 bits per heavy atom. The molecule has 2 aromatic rings. The van der Waals surface area contributed by atoms with Crippen LogP contribution < -0.4 is 4.74 Å². The number of amides is 1. The van der Waals surface area contributed by atoms with E-state index in [1.54, 1.807) is 12.1 Å². The Balaban J connectivity index is 1.63. The first-order valence-corrected chi connectivity index (χ1v) is 9.41. The molecular formula is C21H22N4O4. The van der Waals surface area contributed by atoms with E-state index < -0.39 is 24.0 Å². The average Bonchev–Trinajstić information content (AvgIpc) is 3.23. The van der Waals surface area contributed by atoms with Crippen LogP contribution in [0.2, 0.25) is 0 Å². The molecule has 0 unspecified atom stereocenters. The van der Waals surface area contributed by atoms with Crippen molar-refractivity contribution in [3.8, 4) is 5.75 Å². The van der Waals surface area contributed by atoms with Crippen molar-refractivity contribution in [1.82, 2.24) is 4.90 Å². The number of carbonyl (C=O) groups is 2. The molecule has 0 aliphatic carbocycles. The van der Waals surface area contributed by atoms with Crippen molar-refractivity contribution < 1.29 is 19.4 Å². The van der Waals surface area contributed by atoms with Crippen molar-refractivity contribution in [1.29, 1.82) is 0 Å². The molecule has 150 valence electrons. The maximum Gasteiger partial charge on any atom is 0.326 e. The third kappa shape index (κ3) is 5.27. The largest absolute Gasteiger partial charge is 0.489 e. The number of carboxylic acids is 1. The van der Waals surface area contributed by atoms with Gasteiger partial charge in [0.1, 0.15) is 24.4 Å². The normalized spacial score (nSPS) is 16.7. The van der Waals surface area contributed by atoms with Crippen LogP contribution in [0, 0.1) is 0 Å². The fraction of sp³-hybridized carbons (Fsp3) is 0.333. The van der Waals surface area contributed by atoms with E-state index >= 15 is 0 Å². The van der Waals surface area contributed by atoms with E-state index in [2.05, 4.69) is 10.0 Å². The Labute approximate surface area is 168 Å². The SMILES string of the molecule is [N-]=[N+]=N[C@@H](Cc1ccc(OCc2ccccc2)cc1)C(=O)N1CCC[C@@H]1C(=O)O. The van der Waals surface area contributed by atoms with Gasteiger partial charge in [0.25, 0.3) is 0 Å². The summed E-state index contributed by atoms with van der Waals surface area (Å²) in [6.07, 6.45) is 1.24. The van der Waals surface area contributed by atoms with E-state index in [0.717, 1.165) is 11.1 Å². The molecule has 1 amide bonds. The molecule has 1 aliphatic rings. The summed E-state index contributed by atoms with van der Waals surface area (Å²) < 4.78 is 5.75. The molecule has 8 nitrogen and oxygen atoms in total. The fourth-order valence-electron chi connectivity index (χ4n) is 3.40. The first kappa shape index (κ1) is 20.2. The van der Waals surface area contributed by atoms with Crippen molar-refractivity contribution in [3.63, 3.8) is 0 Å². The second-order valence-corrected chi connectivity index (χ2v) is 6.87. The molecular weight excluding hydrogens is 372 g/mol. The Kier molecular flexibility index (Phi) is 6.71. The lowest BCUT2D eigenvalue weighted by Gasteiger charge is -2.24. The van der Waals surface area contributed by atoms with Gasteiger partial charge in [0.2, 0.25) is 5.91 Å². The molecule has 2 aromatic carbocycles. The highest BCUT2D eigenvalue weighted by Gasteiger charge is 2.36. The highest BCUT2D eigenvalue weighted by atomic mass is 16.5. The lowest BCUT2D eigenvalue weighted by Crippen LogP contribution is -2.45. The number of carbonyl (C=O) groups excluding carboxylic acids is 1. The summed E-state index contributed by atoms with van der Waals surface area (Å²) >= 11 is 0. The summed E-state index contributed by atoms with van der Waals surface area (Å²) in [7, 11) is 0. The maximum atomic E-state index is 12.8. The molecule has 1 N–H and O–H groups in total. The predicted molar refractivity (Wildman–Crippen MR) is 106 cm³/mol. The van der Waals surface area contributed by atoms with Crippen molar-refractivity contribution in [2.45, 2.75) is 38.0 Å². The number of nitrogens with zero attached hydrogens (tertiary/aromatic N) is 4. The molecule has 3 rings (SSSR count). The Morgan fingerprint density at radius 1 is 1.17 bits per heavy atom. The van der Waals surface area contributed by atoms with E-state index in [1.807, 2.05) is 42.5 Å². The summed E-state index contributed by atoms with van der Waals surface area (Å²) in [6.45, 7) is 0.811. The van der Waals surface area contributed by atoms with Crippen LogP contribution in [0.25, 0.3) is 10.4 Å². The van der Waals surface area contributed by atoms with Crippen LogP contribution >= 0.6 is 0 Å². The quantitative estimate of drug-likeness (QED) is 0.418. The fourth-order valence-corrected chi connectivity index (χ4v) is 3.40. The van der Waals surface area contributed by atoms with Gasteiger partial charge in [0.15, 0.2) is 0 Å². The van der Waals surface area contributed by atoms with Gasteiger partial charge in [0, 0.05) is 11.5 Å². The number of hydrogen-bond acceptors (Lipinski definition) is 4. The second-order valence-electron chi connectivity index (χ2n) is 6.87. The number of likely N-dealkylation sites (tertiary alicyclic amines) is 1. The third-order valence-corrected chi connectivity index (χ3v) is 4.90. The number of rotatable bonds is 8. The van der Waals surface area contributed by atoms with Gasteiger partial charge >= 0.3 is 5.97 Å². The second kappa shape index (κ2) is 9.61. The minimum atomic E-state index is -1.03. The highest BCUT2D eigenvalue weighted by molar-refractivity contribution is 5.87. The molecule has 1 fully saturated rings. The number of hydrogen-bond donors (Lipinski definition) is 1. The summed E-state index contributed by atoms with van der Waals surface area (Å²) in [5.74, 6) is -0.790. The average molecular weight is 394 g/mol. The lowest BCUT2D eigenvalue weighted by atomic mass is 10.0. The van der Waals surface area contributed by atoms with Gasteiger partial charge in [0.05, 0.1) is 0 Å². The Hall–Kier alpha value is -3.51. The van der Waals surface area contributed by atoms with E-state index in [0.29, 0.717) is 31.7 Å². The van der Waals surface area contributed by atoms with Crippen LogP contribution in [-0.2, 0) is 22.6 Å². The minimum Gasteiger partial charge on any atom is -0.489 e. The Bertz CT molecular complexity index is 895. The van der Waals surface area contributed by atoms with Crippen LogP contribution in [0.3, 0.4) is 0 Å². The van der Waals surface area contributed by atoms with E-state index in [1.165, 1.54) is 4.90 Å². The van der Waals surface area contributed by atoms with Crippen molar-refractivity contribution in [3.05, 3.63) is 76.2 Å². The minimum absolute atomic E-state index is 0.199. The monoisotopic (exact) mass is 394 g/mol. The first-order chi connectivity index (χ1) is 14.1. The molecule has 1 aliphatic heterocycles. The van der Waals surface area contributed by atoms with Crippen LogP contribution in [0.1, 0.15) is 24.0 Å². The zero-order chi connectivity index (χ0) is 20.6. The molecule has 1 heterocycles. The number of carboxylic acid groups (broad SMARTS) is 1. The summed E-state index contributed by atoms with van der Waals surface area (Å²) in [6, 6.07) is 15.2. The van der Waals surface area contributed by atoms with Gasteiger partial charge < -0.3 is 14.7 Å². The molecule has 0 bridgehead atoms. The molecule has 29 heavy (non-hydrogen) atoms. The molecule has 0 aromatic heterocycles. The van der Waals surface area contributed by atoms with E-state index in [9.17, 15) is 14.7 Å². The van der Waals surface area contributed by atoms with Gasteiger partial charge in [-0.15, -0.1) is 0 Å². The first-order valence-electron chi connectivity index (χ1n) is 9.41. The molecule has 0 radical (unpaired) electrons. The standard InChI is InChI=1S/C21H22N4O4/c22-24-23-18(20(26)25-12-4-7-19(25)21(27)28)13-15-8-10-17(11-9-15)29-14-16-5-2-1-3-6-16/h1-3,5-6,8-11,18-19H,4,7,12-14H2,(H,27,28)/t18-,19+/m0/s1. The van der Waals surface area contributed by atoms with Crippen LogP contribution in [0.15, 0.2) is 59.7 Å². The number of benzene rings is 2.